The fourth-order valence-electron chi connectivity index (χ4n) is 15.5. The van der Waals surface area contributed by atoms with E-state index in [-0.39, 0.29) is 33.1 Å². The van der Waals surface area contributed by atoms with E-state index in [0.29, 0.717) is 0 Å². The van der Waals surface area contributed by atoms with Gasteiger partial charge in [-0.2, -0.15) is 0 Å². The Morgan fingerprint density at radius 3 is 2.03 bits per heavy atom. The number of aromatic nitrogens is 1. The van der Waals surface area contributed by atoms with Crippen molar-refractivity contribution in [2.45, 2.75) is 132 Å². The predicted molar refractivity (Wildman–Crippen MR) is 345 cm³/mol. The van der Waals surface area contributed by atoms with Crippen LogP contribution in [0.3, 0.4) is 0 Å². The maximum Gasteiger partial charge on any atom is 0.254 e. The SMILES string of the molecule is CC(C)(C)c1ccc2c(c1)c1sc3ccccc3c1n2-c1cc2c3c(c1)N(c1ccccc1-c1ccccc1)c1sc4c5c(ccc4c1B3c1cc3c(cc1N2c1ccccc1)C1(C)CCCCC1(C)S3)C(C)(C)CCC5(C)C. The molecule has 0 spiro atoms. The number of rotatable bonds is 4. The lowest BCUT2D eigenvalue weighted by atomic mass is 9.33. The molecule has 7 heteroatoms. The van der Waals surface area contributed by atoms with Crippen LogP contribution in [0.15, 0.2) is 169 Å². The van der Waals surface area contributed by atoms with Crippen LogP contribution in [0.1, 0.15) is 123 Å². The molecule has 3 aromatic heterocycles. The van der Waals surface area contributed by atoms with Crippen molar-refractivity contribution in [3.8, 4) is 16.8 Å². The minimum atomic E-state index is -0.0254. The number of anilines is 6. The summed E-state index contributed by atoms with van der Waals surface area (Å²) < 4.78 is 6.92. The first kappa shape index (κ1) is 48.4. The number of thioether (sulfide) groups is 1. The maximum atomic E-state index is 2.74. The number of thiophene rings is 2. The lowest BCUT2D eigenvalue weighted by molar-refractivity contribution is 0.260. The van der Waals surface area contributed by atoms with E-state index in [9.17, 15) is 0 Å². The molecule has 2 aliphatic carbocycles. The Morgan fingerprint density at radius 2 is 1.23 bits per heavy atom. The Hall–Kier alpha value is -6.51. The van der Waals surface area contributed by atoms with Gasteiger partial charge >= 0.3 is 0 Å². The minimum absolute atomic E-state index is 0.00247. The molecule has 2 atom stereocenters. The molecular weight excluding hydrogens is 1010 g/mol. The van der Waals surface area contributed by atoms with Crippen molar-refractivity contribution >= 4 is 132 Å². The zero-order valence-electron chi connectivity index (χ0n) is 47.0. The van der Waals surface area contributed by atoms with Crippen LogP contribution in [-0.2, 0) is 21.7 Å². The molecule has 79 heavy (non-hydrogen) atoms. The summed E-state index contributed by atoms with van der Waals surface area (Å²) in [5.74, 6) is 0. The Bertz CT molecular complexity index is 4400. The van der Waals surface area contributed by atoms with E-state index in [1.165, 1.54) is 156 Å². The van der Waals surface area contributed by atoms with Crippen LogP contribution < -0.4 is 26.2 Å². The van der Waals surface area contributed by atoms with E-state index >= 15 is 0 Å². The van der Waals surface area contributed by atoms with E-state index in [1.807, 2.05) is 11.3 Å². The van der Waals surface area contributed by atoms with Gasteiger partial charge in [-0.15, -0.1) is 34.4 Å². The standard InChI is InChI=1S/C72H66BN3S3/c1-68(2,3)44-30-33-55-50(38-44)66-64(48-27-17-19-29-59(48)77-66)75(55)46-39-57-63-58(40-46)76(54-28-18-16-26-47(54)43-22-12-10-13-23-43)67-62(49-31-32-51-61(65(49)78-67)70(6,7)37-36-69(51,4)5)73(63)53-42-60-52(71(8)34-20-21-35-72(71,9)79-60)41-56(53)74(57)45-24-14-11-15-25-45/h10-19,22-33,38-42H,20-21,34-37H2,1-9H3. The Morgan fingerprint density at radius 1 is 0.519 bits per heavy atom. The summed E-state index contributed by atoms with van der Waals surface area (Å²) in [6.45, 7) is 22.2. The van der Waals surface area contributed by atoms with Gasteiger partial charge in [0.05, 0.1) is 32.1 Å². The molecule has 0 amide bonds. The van der Waals surface area contributed by atoms with Gasteiger partial charge in [-0.3, -0.25) is 0 Å². The summed E-state index contributed by atoms with van der Waals surface area (Å²) in [5.41, 5.74) is 22.8. The summed E-state index contributed by atoms with van der Waals surface area (Å²) in [7, 11) is 0. The summed E-state index contributed by atoms with van der Waals surface area (Å²) in [6.07, 6.45) is 7.38. The molecule has 0 saturated heterocycles. The molecule has 6 heterocycles. The first-order chi connectivity index (χ1) is 38.0. The lowest BCUT2D eigenvalue weighted by Gasteiger charge is -2.46. The molecule has 0 bridgehead atoms. The van der Waals surface area contributed by atoms with Gasteiger partial charge in [0, 0.05) is 63.5 Å². The summed E-state index contributed by atoms with van der Waals surface area (Å²) in [5, 5.41) is 5.37. The molecule has 0 radical (unpaired) electrons. The highest BCUT2D eigenvalue weighted by molar-refractivity contribution is 8.01. The normalized spacial score (nSPS) is 20.6. The van der Waals surface area contributed by atoms with Crippen molar-refractivity contribution in [3.05, 3.63) is 186 Å². The van der Waals surface area contributed by atoms with Crippen LogP contribution in [0.5, 0.6) is 0 Å². The first-order valence-electron chi connectivity index (χ1n) is 29.0. The fraction of sp³-hybridized carbons (Fsp3) is 0.278. The van der Waals surface area contributed by atoms with Crippen LogP contribution in [0.25, 0.3) is 58.1 Å². The summed E-state index contributed by atoms with van der Waals surface area (Å²) in [6, 6.07) is 64.0. The molecule has 390 valence electrons. The molecule has 1 fully saturated rings. The van der Waals surface area contributed by atoms with Crippen LogP contribution in [0.4, 0.5) is 33.4 Å². The van der Waals surface area contributed by atoms with E-state index < -0.39 is 0 Å². The third-order valence-corrected chi connectivity index (χ3v) is 24.1. The molecule has 5 aliphatic rings. The molecule has 1 saturated carbocycles. The smallest absolute Gasteiger partial charge is 0.254 e. The molecule has 2 unspecified atom stereocenters. The van der Waals surface area contributed by atoms with Crippen molar-refractivity contribution in [1.29, 1.82) is 0 Å². The highest BCUT2D eigenvalue weighted by Gasteiger charge is 2.56. The van der Waals surface area contributed by atoms with Gasteiger partial charge in [0.1, 0.15) is 0 Å². The molecule has 16 rings (SSSR count). The van der Waals surface area contributed by atoms with Crippen LogP contribution in [0, 0.1) is 0 Å². The van der Waals surface area contributed by atoms with Gasteiger partial charge in [-0.1, -0.05) is 177 Å². The van der Waals surface area contributed by atoms with Crippen molar-refractivity contribution in [2.24, 2.45) is 0 Å². The fourth-order valence-corrected chi connectivity index (χ4v) is 20.0. The number of fused-ring (bicyclic) bond motifs is 16. The monoisotopic (exact) mass is 1080 g/mol. The Kier molecular flexibility index (Phi) is 10.1. The second-order valence-electron chi connectivity index (χ2n) is 26.5. The van der Waals surface area contributed by atoms with Crippen LogP contribution in [-0.4, -0.2) is 16.0 Å². The second kappa shape index (κ2) is 16.6. The molecule has 0 N–H and O–H groups in total. The topological polar surface area (TPSA) is 11.4 Å². The quantitative estimate of drug-likeness (QED) is 0.163. The summed E-state index contributed by atoms with van der Waals surface area (Å²) in [4.78, 5) is 6.92. The van der Waals surface area contributed by atoms with Crippen molar-refractivity contribution in [3.63, 3.8) is 0 Å². The van der Waals surface area contributed by atoms with E-state index in [4.69, 9.17) is 0 Å². The van der Waals surface area contributed by atoms with Gasteiger partial charge in [0.25, 0.3) is 6.71 Å². The third kappa shape index (κ3) is 6.67. The largest absolute Gasteiger partial charge is 0.311 e. The van der Waals surface area contributed by atoms with Gasteiger partial charge in [0.15, 0.2) is 0 Å². The Labute approximate surface area is 478 Å². The summed E-state index contributed by atoms with van der Waals surface area (Å²) >= 11 is 6.20. The van der Waals surface area contributed by atoms with E-state index in [2.05, 4.69) is 264 Å². The number of hydrogen-bond acceptors (Lipinski definition) is 5. The number of benzene rings is 8. The lowest BCUT2D eigenvalue weighted by Crippen LogP contribution is -2.61. The van der Waals surface area contributed by atoms with Crippen molar-refractivity contribution < 1.29 is 0 Å². The first-order valence-corrected chi connectivity index (χ1v) is 31.4. The van der Waals surface area contributed by atoms with Gasteiger partial charge in [0.2, 0.25) is 0 Å². The second-order valence-corrected chi connectivity index (χ2v) is 30.1. The van der Waals surface area contributed by atoms with Gasteiger partial charge in [-0.25, -0.2) is 0 Å². The third-order valence-electron chi connectivity index (χ3n) is 20.0. The van der Waals surface area contributed by atoms with Gasteiger partial charge < -0.3 is 14.4 Å². The van der Waals surface area contributed by atoms with Crippen LogP contribution in [0.2, 0.25) is 0 Å². The molecule has 8 aromatic carbocycles. The highest BCUT2D eigenvalue weighted by Crippen LogP contribution is 2.64. The van der Waals surface area contributed by atoms with E-state index in [0.717, 1.165) is 6.42 Å². The number of para-hydroxylation sites is 2. The molecule has 11 aromatic rings. The number of nitrogens with zero attached hydrogens (tertiary/aromatic N) is 3. The zero-order chi connectivity index (χ0) is 53.7. The van der Waals surface area contributed by atoms with Crippen LogP contribution >= 0.6 is 34.4 Å². The Balaban J connectivity index is 1.09. The highest BCUT2D eigenvalue weighted by atomic mass is 32.2. The van der Waals surface area contributed by atoms with Crippen molar-refractivity contribution in [2.75, 3.05) is 9.80 Å². The zero-order valence-corrected chi connectivity index (χ0v) is 49.4. The number of hydrogen-bond donors (Lipinski definition) is 0. The molecular formula is C72H66BN3S3. The van der Waals surface area contributed by atoms with Gasteiger partial charge in [-0.05, 0) is 153 Å². The van der Waals surface area contributed by atoms with E-state index in [1.54, 1.807) is 11.1 Å². The maximum absolute atomic E-state index is 2.74. The molecule has 3 aliphatic heterocycles. The average Bonchev–Trinajstić information content (AvgIpc) is 4.22. The molecule has 3 nitrogen and oxygen atoms in total. The van der Waals surface area contributed by atoms with Crippen molar-refractivity contribution in [1.82, 2.24) is 4.57 Å². The predicted octanol–water partition coefficient (Wildman–Crippen LogP) is 19.3. The minimum Gasteiger partial charge on any atom is -0.311 e. The average molecular weight is 1080 g/mol.